The van der Waals surface area contributed by atoms with E-state index in [1.807, 2.05) is 11.8 Å². The van der Waals surface area contributed by atoms with Crippen molar-refractivity contribution in [1.29, 1.82) is 0 Å². The summed E-state index contributed by atoms with van der Waals surface area (Å²) in [4.78, 5) is 13.4. The zero-order valence-electron chi connectivity index (χ0n) is 9.25. The van der Waals surface area contributed by atoms with Gasteiger partial charge in [0.05, 0.1) is 18.8 Å². The van der Waals surface area contributed by atoms with Gasteiger partial charge in [-0.25, -0.2) is 0 Å². The number of nitrogens with one attached hydrogen (secondary N) is 1. The smallest absolute Gasteiger partial charge is 0.237 e. The second-order valence-electron chi connectivity index (χ2n) is 3.78. The SMILES string of the molecule is CCCC1NCC(=O)N1CC(C)OC. The lowest BCUT2D eigenvalue weighted by Gasteiger charge is -2.26. The van der Waals surface area contributed by atoms with Crippen LogP contribution in [0.4, 0.5) is 0 Å². The lowest BCUT2D eigenvalue weighted by Crippen LogP contribution is -2.41. The van der Waals surface area contributed by atoms with Crippen molar-refractivity contribution in [3.8, 4) is 0 Å². The van der Waals surface area contributed by atoms with Crippen LogP contribution in [-0.2, 0) is 9.53 Å². The van der Waals surface area contributed by atoms with Crippen molar-refractivity contribution in [2.75, 3.05) is 20.2 Å². The highest BCUT2D eigenvalue weighted by Gasteiger charge is 2.30. The summed E-state index contributed by atoms with van der Waals surface area (Å²) >= 11 is 0. The van der Waals surface area contributed by atoms with E-state index in [1.165, 1.54) is 0 Å². The Morgan fingerprint density at radius 1 is 1.71 bits per heavy atom. The van der Waals surface area contributed by atoms with E-state index in [0.717, 1.165) is 12.8 Å². The molecule has 0 bridgehead atoms. The van der Waals surface area contributed by atoms with Crippen LogP contribution in [0.1, 0.15) is 26.7 Å². The fourth-order valence-electron chi connectivity index (χ4n) is 1.70. The van der Waals surface area contributed by atoms with Gasteiger partial charge >= 0.3 is 0 Å². The van der Waals surface area contributed by atoms with Gasteiger partial charge in [0, 0.05) is 13.7 Å². The van der Waals surface area contributed by atoms with Crippen molar-refractivity contribution in [3.63, 3.8) is 0 Å². The zero-order chi connectivity index (χ0) is 10.6. The second-order valence-corrected chi connectivity index (χ2v) is 3.78. The molecule has 4 nitrogen and oxygen atoms in total. The molecule has 0 aromatic rings. The molecule has 1 heterocycles. The van der Waals surface area contributed by atoms with Crippen LogP contribution >= 0.6 is 0 Å². The number of ether oxygens (including phenoxy) is 1. The molecule has 14 heavy (non-hydrogen) atoms. The van der Waals surface area contributed by atoms with Crippen LogP contribution in [0.25, 0.3) is 0 Å². The van der Waals surface area contributed by atoms with Gasteiger partial charge < -0.3 is 9.64 Å². The quantitative estimate of drug-likeness (QED) is 0.706. The molecule has 0 radical (unpaired) electrons. The number of carbonyl (C=O) groups excluding carboxylic acids is 1. The molecule has 2 unspecified atom stereocenters. The van der Waals surface area contributed by atoms with E-state index >= 15 is 0 Å². The maximum Gasteiger partial charge on any atom is 0.237 e. The molecule has 0 aliphatic carbocycles. The molecular formula is C10H20N2O2. The van der Waals surface area contributed by atoms with Crippen LogP contribution in [0.5, 0.6) is 0 Å². The van der Waals surface area contributed by atoms with Gasteiger partial charge in [-0.2, -0.15) is 0 Å². The van der Waals surface area contributed by atoms with Crippen LogP contribution in [0, 0.1) is 0 Å². The van der Waals surface area contributed by atoms with Gasteiger partial charge in [0.2, 0.25) is 5.91 Å². The van der Waals surface area contributed by atoms with Crippen LogP contribution in [-0.4, -0.2) is 43.3 Å². The molecule has 1 amide bonds. The Morgan fingerprint density at radius 3 is 3.00 bits per heavy atom. The summed E-state index contributed by atoms with van der Waals surface area (Å²) in [6.07, 6.45) is 2.42. The minimum absolute atomic E-state index is 0.109. The molecule has 1 saturated heterocycles. The lowest BCUT2D eigenvalue weighted by atomic mass is 10.2. The summed E-state index contributed by atoms with van der Waals surface area (Å²) < 4.78 is 5.17. The molecule has 1 aliphatic heterocycles. The van der Waals surface area contributed by atoms with Crippen LogP contribution in [0.3, 0.4) is 0 Å². The third kappa shape index (κ3) is 2.69. The number of amides is 1. The molecule has 82 valence electrons. The molecule has 4 heteroatoms. The van der Waals surface area contributed by atoms with Crippen LogP contribution < -0.4 is 5.32 Å². The third-order valence-electron chi connectivity index (χ3n) is 2.60. The molecular weight excluding hydrogens is 180 g/mol. The van der Waals surface area contributed by atoms with E-state index in [1.54, 1.807) is 7.11 Å². The van der Waals surface area contributed by atoms with E-state index in [0.29, 0.717) is 13.1 Å². The molecule has 0 saturated carbocycles. The lowest BCUT2D eigenvalue weighted by molar-refractivity contribution is -0.129. The molecule has 1 N–H and O–H groups in total. The Kier molecular flexibility index (Phi) is 4.35. The Morgan fingerprint density at radius 2 is 2.43 bits per heavy atom. The number of methoxy groups -OCH3 is 1. The van der Waals surface area contributed by atoms with Gasteiger partial charge in [-0.05, 0) is 13.3 Å². The van der Waals surface area contributed by atoms with E-state index in [9.17, 15) is 4.79 Å². The maximum absolute atomic E-state index is 11.5. The summed E-state index contributed by atoms with van der Waals surface area (Å²) in [7, 11) is 1.67. The van der Waals surface area contributed by atoms with Crippen LogP contribution in [0.2, 0.25) is 0 Å². The third-order valence-corrected chi connectivity index (χ3v) is 2.60. The standard InChI is InChI=1S/C10H20N2O2/c1-4-5-9-11-6-10(13)12(9)7-8(2)14-3/h8-9,11H,4-7H2,1-3H3. The van der Waals surface area contributed by atoms with Gasteiger partial charge in [0.1, 0.15) is 0 Å². The summed E-state index contributed by atoms with van der Waals surface area (Å²) in [6.45, 7) is 5.27. The van der Waals surface area contributed by atoms with E-state index in [-0.39, 0.29) is 18.2 Å². The van der Waals surface area contributed by atoms with E-state index < -0.39 is 0 Å². The summed E-state index contributed by atoms with van der Waals surface area (Å²) in [6, 6.07) is 0. The van der Waals surface area contributed by atoms with Gasteiger partial charge in [-0.15, -0.1) is 0 Å². The highest BCUT2D eigenvalue weighted by atomic mass is 16.5. The molecule has 0 spiro atoms. The first kappa shape index (κ1) is 11.5. The van der Waals surface area contributed by atoms with Gasteiger partial charge in [-0.1, -0.05) is 13.3 Å². The Hall–Kier alpha value is -0.610. The minimum Gasteiger partial charge on any atom is -0.380 e. The summed E-state index contributed by atoms with van der Waals surface area (Å²) in [5.74, 6) is 0.187. The molecule has 0 aromatic heterocycles. The summed E-state index contributed by atoms with van der Waals surface area (Å²) in [5.41, 5.74) is 0. The van der Waals surface area contributed by atoms with Crippen molar-refractivity contribution in [2.45, 2.75) is 39.0 Å². The predicted octanol–water partition coefficient (Wildman–Crippen LogP) is 0.579. The Bertz CT molecular complexity index is 197. The second kappa shape index (κ2) is 5.32. The van der Waals surface area contributed by atoms with Gasteiger partial charge in [-0.3, -0.25) is 10.1 Å². The maximum atomic E-state index is 11.5. The largest absolute Gasteiger partial charge is 0.380 e. The zero-order valence-corrected chi connectivity index (χ0v) is 9.25. The fraction of sp³-hybridized carbons (Fsp3) is 0.900. The monoisotopic (exact) mass is 200 g/mol. The minimum atomic E-state index is 0.109. The highest BCUT2D eigenvalue weighted by molar-refractivity contribution is 5.80. The van der Waals surface area contributed by atoms with Gasteiger partial charge in [0.25, 0.3) is 0 Å². The van der Waals surface area contributed by atoms with Crippen molar-refractivity contribution in [3.05, 3.63) is 0 Å². The first-order valence-electron chi connectivity index (χ1n) is 5.24. The van der Waals surface area contributed by atoms with E-state index in [2.05, 4.69) is 12.2 Å². The highest BCUT2D eigenvalue weighted by Crippen LogP contribution is 2.11. The Balaban J connectivity index is 2.48. The van der Waals surface area contributed by atoms with Crippen molar-refractivity contribution < 1.29 is 9.53 Å². The average Bonchev–Trinajstić information content (AvgIpc) is 2.50. The molecule has 0 aromatic carbocycles. The first-order chi connectivity index (χ1) is 6.69. The Labute approximate surface area is 85.6 Å². The number of rotatable bonds is 5. The first-order valence-corrected chi connectivity index (χ1v) is 5.24. The topological polar surface area (TPSA) is 41.6 Å². The molecule has 1 fully saturated rings. The number of nitrogens with zero attached hydrogens (tertiary/aromatic N) is 1. The molecule has 1 aliphatic rings. The van der Waals surface area contributed by atoms with Crippen molar-refractivity contribution >= 4 is 5.91 Å². The average molecular weight is 200 g/mol. The normalized spacial score (nSPS) is 24.4. The van der Waals surface area contributed by atoms with E-state index in [4.69, 9.17) is 4.74 Å². The van der Waals surface area contributed by atoms with Gasteiger partial charge in [0.15, 0.2) is 0 Å². The molecule has 1 rings (SSSR count). The fourth-order valence-corrected chi connectivity index (χ4v) is 1.70. The molecule has 2 atom stereocenters. The van der Waals surface area contributed by atoms with Crippen molar-refractivity contribution in [1.82, 2.24) is 10.2 Å². The number of hydrogen-bond donors (Lipinski definition) is 1. The summed E-state index contributed by atoms with van der Waals surface area (Å²) in [5, 5.41) is 3.21. The number of carbonyl (C=O) groups is 1. The number of hydrogen-bond acceptors (Lipinski definition) is 3. The van der Waals surface area contributed by atoms with Crippen LogP contribution in [0.15, 0.2) is 0 Å². The van der Waals surface area contributed by atoms with Crippen molar-refractivity contribution in [2.24, 2.45) is 0 Å². The predicted molar refractivity (Wildman–Crippen MR) is 54.9 cm³/mol.